The van der Waals surface area contributed by atoms with E-state index in [0.717, 1.165) is 0 Å². The Balaban J connectivity index is 2.78. The van der Waals surface area contributed by atoms with Crippen molar-refractivity contribution in [2.45, 2.75) is 0 Å². The van der Waals surface area contributed by atoms with E-state index in [1.807, 2.05) is 0 Å². The first-order valence-electron chi connectivity index (χ1n) is 2.50. The summed E-state index contributed by atoms with van der Waals surface area (Å²) in [5.41, 5.74) is 0.275. The van der Waals surface area contributed by atoms with E-state index in [2.05, 4.69) is 4.99 Å². The molecular formula is C6H3N2O2. The minimum Gasteiger partial charge on any atom is -0.479 e. The highest BCUT2D eigenvalue weighted by Gasteiger charge is 2.18. The van der Waals surface area contributed by atoms with Crippen LogP contribution < -0.4 is 0 Å². The highest BCUT2D eigenvalue weighted by Crippen LogP contribution is 2.12. The van der Waals surface area contributed by atoms with Crippen LogP contribution >= 0.6 is 0 Å². The average Bonchev–Trinajstić information content (AvgIpc) is 2.34. The van der Waals surface area contributed by atoms with Crippen LogP contribution in [-0.2, 0) is 4.79 Å². The molecule has 0 fully saturated rings. The predicted molar refractivity (Wildman–Crippen MR) is 33.1 cm³/mol. The first-order chi connectivity index (χ1) is 4.74. The lowest BCUT2D eigenvalue weighted by Crippen LogP contribution is -2.02. The van der Waals surface area contributed by atoms with Crippen molar-refractivity contribution in [2.75, 3.05) is 0 Å². The number of carboxylic acid groups (broad SMARTS) is 1. The van der Waals surface area contributed by atoms with Crippen molar-refractivity contribution in [3.63, 3.8) is 0 Å². The second-order valence-electron chi connectivity index (χ2n) is 1.66. The molecule has 1 aliphatic rings. The van der Waals surface area contributed by atoms with Gasteiger partial charge >= 0.3 is 5.97 Å². The fourth-order valence-electron chi connectivity index (χ4n) is 0.539. The summed E-state index contributed by atoms with van der Waals surface area (Å²) in [6.45, 7) is 0. The number of nitrogens with zero attached hydrogens (tertiary/aromatic N) is 2. The molecule has 0 atom stereocenters. The molecule has 1 radical (unpaired) electrons. The number of carboxylic acids is 1. The van der Waals surface area contributed by atoms with Crippen molar-refractivity contribution in [1.29, 1.82) is 5.26 Å². The molecule has 0 aromatic rings. The van der Waals surface area contributed by atoms with Gasteiger partial charge in [-0.05, 0) is 6.08 Å². The van der Waals surface area contributed by atoms with E-state index in [9.17, 15) is 4.79 Å². The molecule has 1 N–H and O–H groups in total. The Morgan fingerprint density at radius 2 is 2.50 bits per heavy atom. The highest BCUT2D eigenvalue weighted by molar-refractivity contribution is 5.97. The van der Waals surface area contributed by atoms with E-state index in [1.54, 1.807) is 6.07 Å². The molecule has 0 aliphatic carbocycles. The number of aliphatic imine (C=N–C) groups is 1. The fourth-order valence-corrected chi connectivity index (χ4v) is 0.539. The fraction of sp³-hybridized carbons (Fsp3) is 0. The molecule has 0 bridgehead atoms. The third kappa shape index (κ3) is 1.03. The summed E-state index contributed by atoms with van der Waals surface area (Å²) in [7, 11) is 0. The van der Waals surface area contributed by atoms with E-state index in [1.165, 1.54) is 12.3 Å². The van der Waals surface area contributed by atoms with Gasteiger partial charge in [-0.15, -0.1) is 0 Å². The van der Waals surface area contributed by atoms with Gasteiger partial charge in [-0.2, -0.15) is 5.26 Å². The van der Waals surface area contributed by atoms with Gasteiger partial charge in [0.15, 0.2) is 0 Å². The van der Waals surface area contributed by atoms with Gasteiger partial charge in [0.1, 0.15) is 6.07 Å². The average molecular weight is 135 g/mol. The number of carbonyl (C=O) groups is 1. The molecule has 0 saturated carbocycles. The lowest BCUT2D eigenvalue weighted by Gasteiger charge is -1.89. The first kappa shape index (κ1) is 6.49. The second kappa shape index (κ2) is 2.31. The first-order valence-corrected chi connectivity index (χ1v) is 2.50. The summed E-state index contributed by atoms with van der Waals surface area (Å²) in [5, 5.41) is 16.6. The molecule has 1 heterocycles. The van der Waals surface area contributed by atoms with Crippen LogP contribution in [0.15, 0.2) is 16.6 Å². The summed E-state index contributed by atoms with van der Waals surface area (Å²) < 4.78 is 0. The van der Waals surface area contributed by atoms with Gasteiger partial charge in [-0.3, -0.25) is 4.99 Å². The summed E-state index contributed by atoms with van der Waals surface area (Å²) in [6, 6.07) is 1.69. The molecule has 0 saturated heterocycles. The van der Waals surface area contributed by atoms with Crippen LogP contribution in [0.2, 0.25) is 0 Å². The largest absolute Gasteiger partial charge is 0.479 e. The minimum atomic E-state index is -1.11. The minimum absolute atomic E-state index is 0.0865. The van der Waals surface area contributed by atoms with Gasteiger partial charge in [0, 0.05) is 6.21 Å². The molecule has 49 valence electrons. The lowest BCUT2D eigenvalue weighted by atomic mass is 10.2. The van der Waals surface area contributed by atoms with Gasteiger partial charge in [-0.25, -0.2) is 4.79 Å². The number of nitriles is 1. The number of allylic oxidation sites excluding steroid dienone is 1. The predicted octanol–water partition coefficient (Wildman–Crippen LogP) is 0.137. The zero-order valence-electron chi connectivity index (χ0n) is 4.90. The topological polar surface area (TPSA) is 73.5 Å². The SMILES string of the molecule is N#CC1=C[C](C(=O)O)N=C1. The molecule has 0 aromatic heterocycles. The number of hydrogen-bond donors (Lipinski definition) is 1. The molecule has 10 heavy (non-hydrogen) atoms. The Morgan fingerprint density at radius 3 is 2.80 bits per heavy atom. The maximum Gasteiger partial charge on any atom is 0.339 e. The van der Waals surface area contributed by atoms with Crippen LogP contribution in [0, 0.1) is 17.4 Å². The van der Waals surface area contributed by atoms with Gasteiger partial charge in [0.2, 0.25) is 6.04 Å². The van der Waals surface area contributed by atoms with Crippen LogP contribution in [0.3, 0.4) is 0 Å². The monoisotopic (exact) mass is 135 g/mol. The maximum absolute atomic E-state index is 10.2. The number of rotatable bonds is 1. The van der Waals surface area contributed by atoms with Gasteiger partial charge in [-0.1, -0.05) is 0 Å². The Morgan fingerprint density at radius 1 is 1.80 bits per heavy atom. The van der Waals surface area contributed by atoms with Crippen LogP contribution in [0.4, 0.5) is 0 Å². The number of hydrogen-bond acceptors (Lipinski definition) is 3. The Bertz CT molecular complexity index is 259. The third-order valence-corrected chi connectivity index (χ3v) is 0.983. The molecule has 1 rings (SSSR count). The Labute approximate surface area is 57.1 Å². The van der Waals surface area contributed by atoms with Crippen LogP contribution in [0.5, 0.6) is 0 Å². The summed E-state index contributed by atoms with van der Waals surface area (Å²) >= 11 is 0. The summed E-state index contributed by atoms with van der Waals surface area (Å²) in [6.07, 6.45) is 2.45. The van der Waals surface area contributed by atoms with Crippen molar-refractivity contribution in [2.24, 2.45) is 4.99 Å². The maximum atomic E-state index is 10.2. The van der Waals surface area contributed by atoms with Crippen LogP contribution in [-0.4, -0.2) is 17.3 Å². The molecule has 1 aliphatic heterocycles. The molecule has 0 unspecified atom stereocenters. The zero-order chi connectivity index (χ0) is 7.56. The smallest absolute Gasteiger partial charge is 0.339 e. The Hall–Kier alpha value is -1.63. The quantitative estimate of drug-likeness (QED) is 0.555. The lowest BCUT2D eigenvalue weighted by molar-refractivity contribution is -0.134. The van der Waals surface area contributed by atoms with Crippen molar-refractivity contribution >= 4 is 12.2 Å². The standard InChI is InChI=1S/C6H3N2O2/c7-2-4-1-5(6(9)10)8-3-4/h1,3H,(H,9,10). The van der Waals surface area contributed by atoms with E-state index >= 15 is 0 Å². The van der Waals surface area contributed by atoms with E-state index in [4.69, 9.17) is 10.4 Å². The molecular weight excluding hydrogens is 132 g/mol. The molecule has 4 heteroatoms. The summed E-state index contributed by atoms with van der Waals surface area (Å²) in [5.74, 6) is -1.11. The molecule has 0 spiro atoms. The number of aliphatic carboxylic acids is 1. The normalized spacial score (nSPS) is 16.5. The highest BCUT2D eigenvalue weighted by atomic mass is 16.4. The zero-order valence-corrected chi connectivity index (χ0v) is 4.90. The molecule has 0 amide bonds. The van der Waals surface area contributed by atoms with Gasteiger partial charge < -0.3 is 5.11 Å². The van der Waals surface area contributed by atoms with E-state index < -0.39 is 5.97 Å². The van der Waals surface area contributed by atoms with Crippen molar-refractivity contribution in [3.05, 3.63) is 17.7 Å². The summed E-state index contributed by atoms with van der Waals surface area (Å²) in [4.78, 5) is 13.6. The molecule has 0 aromatic carbocycles. The van der Waals surface area contributed by atoms with Gasteiger partial charge in [0.25, 0.3) is 0 Å². The Kier molecular flexibility index (Phi) is 1.50. The van der Waals surface area contributed by atoms with Crippen molar-refractivity contribution in [3.8, 4) is 6.07 Å². The van der Waals surface area contributed by atoms with E-state index in [0.29, 0.717) is 0 Å². The van der Waals surface area contributed by atoms with E-state index in [-0.39, 0.29) is 11.6 Å². The van der Waals surface area contributed by atoms with Gasteiger partial charge in [0.05, 0.1) is 5.57 Å². The van der Waals surface area contributed by atoms with Crippen molar-refractivity contribution in [1.82, 2.24) is 0 Å². The van der Waals surface area contributed by atoms with Crippen LogP contribution in [0.1, 0.15) is 0 Å². The van der Waals surface area contributed by atoms with Crippen LogP contribution in [0.25, 0.3) is 0 Å². The van der Waals surface area contributed by atoms with Crippen molar-refractivity contribution < 1.29 is 9.90 Å². The second-order valence-corrected chi connectivity index (χ2v) is 1.66. The third-order valence-electron chi connectivity index (χ3n) is 0.983. The molecule has 4 nitrogen and oxygen atoms in total.